The van der Waals surface area contributed by atoms with Crippen LogP contribution >= 0.6 is 0 Å². The van der Waals surface area contributed by atoms with Crippen LogP contribution in [0.3, 0.4) is 0 Å². The maximum atomic E-state index is 4.96. The Bertz CT molecular complexity index is 1020. The summed E-state index contributed by atoms with van der Waals surface area (Å²) in [6, 6.07) is 16.9. The van der Waals surface area contributed by atoms with Crippen LogP contribution in [0.5, 0.6) is 0 Å². The fourth-order valence-corrected chi connectivity index (χ4v) is 5.92. The lowest BCUT2D eigenvalue weighted by molar-refractivity contribution is 1.19. The van der Waals surface area contributed by atoms with Crippen LogP contribution in [-0.4, -0.2) is 27.1 Å². The molecule has 0 aromatic heterocycles. The molecule has 2 aliphatic heterocycles. The molecule has 5 heteroatoms. The molecular formula is C28H39AlN4. The summed E-state index contributed by atoms with van der Waals surface area (Å²) >= 11 is -0.747. The van der Waals surface area contributed by atoms with E-state index in [0.717, 1.165) is 22.8 Å². The van der Waals surface area contributed by atoms with Gasteiger partial charge < -0.3 is 7.77 Å². The summed E-state index contributed by atoms with van der Waals surface area (Å²) in [6.45, 7) is 21.0. The number of aliphatic imine (C=N–C) groups is 2. The molecule has 174 valence electrons. The monoisotopic (exact) mass is 458 g/mol. The van der Waals surface area contributed by atoms with Crippen LogP contribution < -0.4 is 7.77 Å². The molecule has 2 aromatic carbocycles. The molecule has 33 heavy (non-hydrogen) atoms. The number of para-hydroxylation sites is 4. The topological polar surface area (TPSA) is 31.2 Å². The maximum Gasteiger partial charge on any atom is 0.558 e. The largest absolute Gasteiger partial charge is 0.558 e. The van der Waals surface area contributed by atoms with E-state index < -0.39 is 15.7 Å². The standard InChI is InChI=1S/C24H26N4.2C2H6.Al.H/c1-15-17(3)25-21-11-7-9-13-23(21)27-19(5)16(2)20(6)28-24-14-10-8-12-22(24)26-18(15)4;2*1-2;;/h7-14H,1-6H3;2*1-2H3;;/q-2;;;+2;. The summed E-state index contributed by atoms with van der Waals surface area (Å²) in [5.41, 5.74) is 11.5. The van der Waals surface area contributed by atoms with Gasteiger partial charge in [0.15, 0.2) is 0 Å². The number of nitrogens with zero attached hydrogens (tertiary/aromatic N) is 4. The van der Waals surface area contributed by atoms with Crippen molar-refractivity contribution in [1.82, 2.24) is 0 Å². The summed E-state index contributed by atoms with van der Waals surface area (Å²) in [4.78, 5) is 9.93. The van der Waals surface area contributed by atoms with Gasteiger partial charge in [-0.3, -0.25) is 9.98 Å². The van der Waals surface area contributed by atoms with E-state index >= 15 is 0 Å². The van der Waals surface area contributed by atoms with Gasteiger partial charge in [0.05, 0.1) is 11.4 Å². The van der Waals surface area contributed by atoms with Crippen LogP contribution in [0.15, 0.2) is 81.1 Å². The Morgan fingerprint density at radius 3 is 1.24 bits per heavy atom. The van der Waals surface area contributed by atoms with Crippen molar-refractivity contribution in [1.29, 1.82) is 0 Å². The quantitative estimate of drug-likeness (QED) is 0.373. The van der Waals surface area contributed by atoms with Gasteiger partial charge in [-0.1, -0.05) is 52.0 Å². The van der Waals surface area contributed by atoms with E-state index in [9.17, 15) is 0 Å². The Morgan fingerprint density at radius 2 is 0.879 bits per heavy atom. The SMILES string of the molecule is CC.CC.CC1=Nc2ccccc2N=C(C)C(C)=C(C)[N]2[AlH][N](C(C)=C1C)c1ccccc12. The molecule has 0 spiro atoms. The first-order chi connectivity index (χ1) is 15.9. The van der Waals surface area contributed by atoms with Crippen LogP contribution in [0, 0.1) is 0 Å². The van der Waals surface area contributed by atoms with Gasteiger partial charge in [0.1, 0.15) is 0 Å². The molecule has 2 heterocycles. The second-order valence-corrected chi connectivity index (χ2v) is 9.34. The van der Waals surface area contributed by atoms with E-state index in [1.807, 2.05) is 52.0 Å². The predicted octanol–water partition coefficient (Wildman–Crippen LogP) is 8.12. The minimum Gasteiger partial charge on any atom is -0.420 e. The number of fused-ring (bicyclic) bond motifs is 6. The Labute approximate surface area is 207 Å². The predicted molar refractivity (Wildman–Crippen MR) is 150 cm³/mol. The van der Waals surface area contributed by atoms with Crippen molar-refractivity contribution in [3.63, 3.8) is 0 Å². The van der Waals surface area contributed by atoms with Gasteiger partial charge in [-0.15, -0.1) is 0 Å². The first kappa shape index (κ1) is 26.6. The van der Waals surface area contributed by atoms with E-state index in [4.69, 9.17) is 9.98 Å². The molecule has 0 fully saturated rings. The fraction of sp³-hybridized carbons (Fsp3) is 0.357. The van der Waals surface area contributed by atoms with Crippen LogP contribution in [0.25, 0.3) is 0 Å². The average Bonchev–Trinajstić information content (AvgIpc) is 3.25. The summed E-state index contributed by atoms with van der Waals surface area (Å²) in [5, 5.41) is 0. The highest BCUT2D eigenvalue weighted by atomic mass is 27.1. The van der Waals surface area contributed by atoms with Crippen LogP contribution in [0.1, 0.15) is 69.2 Å². The Kier molecular flexibility index (Phi) is 9.71. The van der Waals surface area contributed by atoms with E-state index in [-0.39, 0.29) is 0 Å². The summed E-state index contributed by atoms with van der Waals surface area (Å²) in [6.07, 6.45) is 0. The molecule has 0 saturated carbocycles. The van der Waals surface area contributed by atoms with Gasteiger partial charge >= 0.3 is 15.7 Å². The van der Waals surface area contributed by atoms with Crippen molar-refractivity contribution >= 4 is 49.8 Å². The maximum absolute atomic E-state index is 4.96. The van der Waals surface area contributed by atoms with Gasteiger partial charge in [-0.2, -0.15) is 0 Å². The van der Waals surface area contributed by atoms with Crippen LogP contribution in [-0.2, 0) is 0 Å². The molecule has 0 saturated heterocycles. The minimum absolute atomic E-state index is 0.747. The lowest BCUT2D eigenvalue weighted by Gasteiger charge is -2.24. The molecule has 0 unspecified atom stereocenters. The molecule has 0 atom stereocenters. The fourth-order valence-electron chi connectivity index (χ4n) is 3.90. The first-order valence-electron chi connectivity index (χ1n) is 12.1. The van der Waals surface area contributed by atoms with Gasteiger partial charge in [-0.25, -0.2) is 0 Å². The molecule has 4 nitrogen and oxygen atoms in total. The van der Waals surface area contributed by atoms with E-state index in [0.29, 0.717) is 0 Å². The highest BCUT2D eigenvalue weighted by Crippen LogP contribution is 2.40. The highest BCUT2D eigenvalue weighted by Gasteiger charge is 2.32. The molecular weight excluding hydrogens is 419 g/mol. The van der Waals surface area contributed by atoms with Crippen molar-refractivity contribution in [3.05, 3.63) is 71.1 Å². The number of hydrogen-bond acceptors (Lipinski definition) is 4. The Hall–Kier alpha value is -2.61. The van der Waals surface area contributed by atoms with Gasteiger partial charge in [0, 0.05) is 22.8 Å². The van der Waals surface area contributed by atoms with Gasteiger partial charge in [0.2, 0.25) is 0 Å². The summed E-state index contributed by atoms with van der Waals surface area (Å²) in [7, 11) is 0. The second kappa shape index (κ2) is 12.0. The normalized spacial score (nSPS) is 15.2. The van der Waals surface area contributed by atoms with Gasteiger partial charge in [-0.05, 0) is 88.3 Å². The van der Waals surface area contributed by atoms with E-state index in [1.54, 1.807) is 0 Å². The third kappa shape index (κ3) is 5.49. The number of allylic oxidation sites excluding steroid dienone is 4. The lowest BCUT2D eigenvalue weighted by Crippen LogP contribution is -2.34. The Morgan fingerprint density at radius 1 is 0.545 bits per heavy atom. The highest BCUT2D eigenvalue weighted by molar-refractivity contribution is 6.53. The zero-order valence-electron chi connectivity index (χ0n) is 22.1. The summed E-state index contributed by atoms with van der Waals surface area (Å²) in [5.74, 6) is 0. The van der Waals surface area contributed by atoms with E-state index in [2.05, 4.69) is 73.6 Å². The molecule has 0 aliphatic carbocycles. The number of hydrogen-bond donors (Lipinski definition) is 0. The van der Waals surface area contributed by atoms with E-state index in [1.165, 1.54) is 33.9 Å². The summed E-state index contributed by atoms with van der Waals surface area (Å²) < 4.78 is 5.05. The van der Waals surface area contributed by atoms with Crippen molar-refractivity contribution in [3.8, 4) is 0 Å². The Balaban J connectivity index is 0.000000914. The van der Waals surface area contributed by atoms with Crippen LogP contribution in [0.4, 0.5) is 22.7 Å². The number of benzene rings is 2. The smallest absolute Gasteiger partial charge is 0.420 e. The molecule has 0 radical (unpaired) electrons. The molecule has 2 aliphatic rings. The zero-order chi connectivity index (χ0) is 24.7. The van der Waals surface area contributed by atoms with Crippen molar-refractivity contribution in [2.75, 3.05) is 7.77 Å². The van der Waals surface area contributed by atoms with Crippen molar-refractivity contribution in [2.45, 2.75) is 69.2 Å². The minimum atomic E-state index is -0.747. The zero-order valence-corrected chi connectivity index (χ0v) is 23.5. The second-order valence-electron chi connectivity index (χ2n) is 7.79. The van der Waals surface area contributed by atoms with Crippen molar-refractivity contribution in [2.24, 2.45) is 9.98 Å². The molecule has 4 rings (SSSR count). The number of rotatable bonds is 0. The third-order valence-corrected chi connectivity index (χ3v) is 8.38. The average molecular weight is 459 g/mol. The first-order valence-corrected chi connectivity index (χ1v) is 13.3. The van der Waals surface area contributed by atoms with Crippen LogP contribution in [0.2, 0.25) is 0 Å². The third-order valence-electron chi connectivity index (χ3n) is 6.18. The number of anilines is 2. The molecule has 0 amide bonds. The lowest BCUT2D eigenvalue weighted by atomic mass is 10.1. The molecule has 0 N–H and O–H groups in total. The molecule has 2 bridgehead atoms. The van der Waals surface area contributed by atoms with Crippen molar-refractivity contribution < 1.29 is 0 Å². The van der Waals surface area contributed by atoms with Gasteiger partial charge in [0.25, 0.3) is 0 Å². The molecule has 2 aromatic rings.